The molecule has 1 aliphatic rings. The number of para-hydroxylation sites is 2. The predicted molar refractivity (Wildman–Crippen MR) is 127 cm³/mol. The maximum absolute atomic E-state index is 5.93. The highest BCUT2D eigenvalue weighted by atomic mass is 16.5. The first-order chi connectivity index (χ1) is 15.7. The molecule has 0 saturated carbocycles. The number of aliphatic imine (C=N–C) groups is 1. The van der Waals surface area contributed by atoms with E-state index in [1.165, 1.54) is 0 Å². The molecule has 2 N–H and O–H groups in total. The fraction of sp³-hybridized carbons (Fsp3) is 0.360. The van der Waals surface area contributed by atoms with Gasteiger partial charge in [0.05, 0.1) is 31.1 Å². The summed E-state index contributed by atoms with van der Waals surface area (Å²) in [5.74, 6) is 2.36. The second-order valence-corrected chi connectivity index (χ2v) is 7.81. The lowest BCUT2D eigenvalue weighted by molar-refractivity contribution is 0.296. The summed E-state index contributed by atoms with van der Waals surface area (Å²) in [5.41, 5.74) is 5.36. The second-order valence-electron chi connectivity index (χ2n) is 7.81. The van der Waals surface area contributed by atoms with E-state index in [4.69, 9.17) is 14.5 Å². The average Bonchev–Trinajstić information content (AvgIpc) is 2.98. The third kappa shape index (κ3) is 5.04. The summed E-state index contributed by atoms with van der Waals surface area (Å²) in [7, 11) is 0. The Balaban J connectivity index is 1.51. The van der Waals surface area contributed by atoms with E-state index in [-0.39, 0.29) is 0 Å². The molecular formula is C25H31N5O2. The van der Waals surface area contributed by atoms with E-state index in [1.54, 1.807) is 0 Å². The van der Waals surface area contributed by atoms with Crippen molar-refractivity contribution >= 4 is 5.96 Å². The zero-order valence-corrected chi connectivity index (χ0v) is 19.0. The molecule has 0 amide bonds. The summed E-state index contributed by atoms with van der Waals surface area (Å²) < 4.78 is 13.7. The van der Waals surface area contributed by atoms with Crippen molar-refractivity contribution < 1.29 is 9.47 Å². The number of nitrogens with one attached hydrogen (secondary N) is 2. The van der Waals surface area contributed by atoms with Crippen molar-refractivity contribution in [1.82, 2.24) is 20.4 Å². The van der Waals surface area contributed by atoms with Gasteiger partial charge in [-0.15, -0.1) is 0 Å². The molecule has 0 saturated heterocycles. The summed E-state index contributed by atoms with van der Waals surface area (Å²) in [6.07, 6.45) is 0.885. The number of benzene rings is 2. The van der Waals surface area contributed by atoms with E-state index >= 15 is 0 Å². The number of nitrogens with zero attached hydrogens (tertiary/aromatic N) is 3. The first kappa shape index (κ1) is 21.7. The van der Waals surface area contributed by atoms with Crippen molar-refractivity contribution in [2.24, 2.45) is 4.99 Å². The Labute approximate surface area is 189 Å². The molecular weight excluding hydrogens is 402 g/mol. The van der Waals surface area contributed by atoms with Gasteiger partial charge in [0.25, 0.3) is 0 Å². The minimum Gasteiger partial charge on any atom is -0.490 e. The van der Waals surface area contributed by atoms with Crippen LogP contribution in [0.25, 0.3) is 5.69 Å². The molecule has 0 bridgehead atoms. The molecule has 0 aliphatic carbocycles. The number of aromatic nitrogens is 2. The van der Waals surface area contributed by atoms with Gasteiger partial charge in [0.2, 0.25) is 0 Å². The van der Waals surface area contributed by atoms with Crippen molar-refractivity contribution in [3.8, 4) is 17.2 Å². The molecule has 0 radical (unpaired) electrons. The Bertz CT molecular complexity index is 1090. The Morgan fingerprint density at radius 2 is 1.84 bits per heavy atom. The fourth-order valence-corrected chi connectivity index (χ4v) is 3.80. The monoisotopic (exact) mass is 433 g/mol. The normalized spacial score (nSPS) is 13.5. The molecule has 0 atom stereocenters. The van der Waals surface area contributed by atoms with Crippen molar-refractivity contribution in [2.45, 2.75) is 40.3 Å². The quantitative estimate of drug-likeness (QED) is 0.456. The van der Waals surface area contributed by atoms with Gasteiger partial charge >= 0.3 is 0 Å². The third-order valence-corrected chi connectivity index (χ3v) is 5.28. The van der Waals surface area contributed by atoms with Gasteiger partial charge < -0.3 is 20.1 Å². The Morgan fingerprint density at radius 3 is 2.66 bits per heavy atom. The van der Waals surface area contributed by atoms with E-state index < -0.39 is 0 Å². The molecule has 7 heteroatoms. The summed E-state index contributed by atoms with van der Waals surface area (Å²) >= 11 is 0. The van der Waals surface area contributed by atoms with E-state index in [0.717, 1.165) is 58.6 Å². The summed E-state index contributed by atoms with van der Waals surface area (Å²) in [4.78, 5) is 4.80. The van der Waals surface area contributed by atoms with E-state index in [2.05, 4.69) is 47.8 Å². The highest BCUT2D eigenvalue weighted by Gasteiger charge is 2.14. The highest BCUT2D eigenvalue weighted by molar-refractivity contribution is 5.80. The van der Waals surface area contributed by atoms with Crippen LogP contribution in [0.3, 0.4) is 0 Å². The molecule has 1 aromatic heterocycles. The molecule has 0 unspecified atom stereocenters. The van der Waals surface area contributed by atoms with Gasteiger partial charge in [0.15, 0.2) is 17.5 Å². The van der Waals surface area contributed by atoms with Gasteiger partial charge in [0.1, 0.15) is 0 Å². The van der Waals surface area contributed by atoms with Gasteiger partial charge in [-0.25, -0.2) is 9.67 Å². The molecule has 1 aliphatic heterocycles. The maximum atomic E-state index is 5.93. The van der Waals surface area contributed by atoms with Crippen molar-refractivity contribution in [2.75, 3.05) is 19.8 Å². The minimum atomic E-state index is 0.501. The first-order valence-corrected chi connectivity index (χ1v) is 11.2. The van der Waals surface area contributed by atoms with Crippen molar-refractivity contribution in [3.05, 3.63) is 71.0 Å². The molecule has 7 nitrogen and oxygen atoms in total. The lowest BCUT2D eigenvalue weighted by atomic mass is 10.1. The Kier molecular flexibility index (Phi) is 6.94. The fourth-order valence-electron chi connectivity index (χ4n) is 3.80. The van der Waals surface area contributed by atoms with Crippen LogP contribution in [0, 0.1) is 13.8 Å². The number of guanidine groups is 1. The van der Waals surface area contributed by atoms with Crippen LogP contribution in [-0.2, 0) is 13.1 Å². The summed E-state index contributed by atoms with van der Waals surface area (Å²) in [6.45, 7) is 9.40. The maximum Gasteiger partial charge on any atom is 0.191 e. The molecule has 2 aromatic carbocycles. The zero-order chi connectivity index (χ0) is 22.3. The molecule has 0 fully saturated rings. The smallest absolute Gasteiger partial charge is 0.191 e. The molecule has 4 rings (SSSR count). The molecule has 0 spiro atoms. The lowest BCUT2D eigenvalue weighted by Gasteiger charge is -2.15. The van der Waals surface area contributed by atoms with Crippen LogP contribution in [-0.4, -0.2) is 35.5 Å². The lowest BCUT2D eigenvalue weighted by Crippen LogP contribution is -2.37. The Hall–Kier alpha value is -3.48. The zero-order valence-electron chi connectivity index (χ0n) is 19.0. The number of hydrogen-bond donors (Lipinski definition) is 2. The van der Waals surface area contributed by atoms with Gasteiger partial charge in [-0.1, -0.05) is 30.3 Å². The minimum absolute atomic E-state index is 0.501. The topological polar surface area (TPSA) is 72.7 Å². The summed E-state index contributed by atoms with van der Waals surface area (Å²) in [5, 5.41) is 11.4. The van der Waals surface area contributed by atoms with Crippen LogP contribution in [0.2, 0.25) is 0 Å². The number of fused-ring (bicyclic) bond motifs is 1. The second kappa shape index (κ2) is 10.2. The molecule has 168 valence electrons. The summed E-state index contributed by atoms with van der Waals surface area (Å²) in [6, 6.07) is 16.4. The molecule has 2 heterocycles. The number of hydrogen-bond acceptors (Lipinski definition) is 4. The standard InChI is InChI=1S/C25H31N5O2/c1-4-26-25(28-17-21-10-7-12-23-24(21)32-14-8-13-31-23)27-16-20-9-5-6-11-22(20)30-19(3)15-18(2)29-30/h5-7,9-12,15H,4,8,13-14,16-17H2,1-3H3,(H2,26,27,28). The van der Waals surface area contributed by atoms with E-state index in [9.17, 15) is 0 Å². The van der Waals surface area contributed by atoms with Gasteiger partial charge in [-0.3, -0.25) is 0 Å². The highest BCUT2D eigenvalue weighted by Crippen LogP contribution is 2.33. The molecule has 32 heavy (non-hydrogen) atoms. The Morgan fingerprint density at radius 1 is 1.03 bits per heavy atom. The van der Waals surface area contributed by atoms with Crippen molar-refractivity contribution in [3.63, 3.8) is 0 Å². The van der Waals surface area contributed by atoms with Gasteiger partial charge in [0, 0.05) is 30.8 Å². The number of ether oxygens (including phenoxy) is 2. The largest absolute Gasteiger partial charge is 0.490 e. The number of rotatable bonds is 6. The number of aryl methyl sites for hydroxylation is 2. The first-order valence-electron chi connectivity index (χ1n) is 11.2. The van der Waals surface area contributed by atoms with Gasteiger partial charge in [-0.05, 0) is 44.5 Å². The van der Waals surface area contributed by atoms with Crippen LogP contribution in [0.5, 0.6) is 11.5 Å². The van der Waals surface area contributed by atoms with Crippen LogP contribution in [0.1, 0.15) is 35.9 Å². The predicted octanol–water partition coefficient (Wildman–Crippen LogP) is 3.91. The molecule has 3 aromatic rings. The van der Waals surface area contributed by atoms with Crippen LogP contribution >= 0.6 is 0 Å². The van der Waals surface area contributed by atoms with Gasteiger partial charge in [-0.2, -0.15) is 5.10 Å². The average molecular weight is 434 g/mol. The third-order valence-electron chi connectivity index (χ3n) is 5.28. The van der Waals surface area contributed by atoms with Crippen LogP contribution in [0.4, 0.5) is 0 Å². The van der Waals surface area contributed by atoms with E-state index in [0.29, 0.717) is 26.3 Å². The van der Waals surface area contributed by atoms with Crippen LogP contribution in [0.15, 0.2) is 53.5 Å². The van der Waals surface area contributed by atoms with Crippen molar-refractivity contribution in [1.29, 1.82) is 0 Å². The van der Waals surface area contributed by atoms with E-state index in [1.807, 2.05) is 41.9 Å². The SMILES string of the molecule is CCNC(=NCc1cccc2c1OCCCO2)NCc1ccccc1-n1nc(C)cc1C. The van der Waals surface area contributed by atoms with Crippen LogP contribution < -0.4 is 20.1 Å².